The second kappa shape index (κ2) is 41.8. The van der Waals surface area contributed by atoms with Crippen LogP contribution in [0.4, 0.5) is 15.3 Å². The van der Waals surface area contributed by atoms with Gasteiger partial charge >= 0.3 is 18.1 Å². The topological polar surface area (TPSA) is 404 Å². The summed E-state index contributed by atoms with van der Waals surface area (Å²) < 4.78 is 17.7. The number of hydrogen-bond acceptors (Lipinski definition) is 17. The van der Waals surface area contributed by atoms with Crippen molar-refractivity contribution < 1.29 is 86.8 Å². The van der Waals surface area contributed by atoms with Gasteiger partial charge in [-0.1, -0.05) is 118 Å². The molecular formula is C72H110N12O18. The Labute approximate surface area is 598 Å². The van der Waals surface area contributed by atoms with Gasteiger partial charge in [0.2, 0.25) is 47.3 Å². The predicted octanol–water partition coefficient (Wildman–Crippen LogP) is 3.99. The molecule has 1 saturated heterocycles. The Morgan fingerprint density at radius 1 is 0.706 bits per heavy atom. The summed E-state index contributed by atoms with van der Waals surface area (Å²) in [7, 11) is 6.02. The molecule has 0 aliphatic carbocycles. The van der Waals surface area contributed by atoms with E-state index in [4.69, 9.17) is 19.9 Å². The summed E-state index contributed by atoms with van der Waals surface area (Å²) in [5, 5.41) is 36.8. The fraction of sp³-hybridized carbons (Fsp3) is 0.625. The summed E-state index contributed by atoms with van der Waals surface area (Å²) in [6, 6.07) is 7.94. The Balaban J connectivity index is 1.39. The first-order chi connectivity index (χ1) is 48.2. The third-order valence-corrected chi connectivity index (χ3v) is 18.7. The highest BCUT2D eigenvalue weighted by Gasteiger charge is 2.44. The quantitative estimate of drug-likeness (QED) is 0.0335. The molecule has 30 heteroatoms. The fourth-order valence-corrected chi connectivity index (χ4v) is 12.8. The second-order valence-corrected chi connectivity index (χ2v) is 27.4. The molecule has 10 N–H and O–H groups in total. The standard InChI is InChI=1S/C72H110N12O18/c1-15-45(8)63(53(100-13)38-58(89)83-37-23-27-52(83)65(101-14)46(9)66(93)75-47(10)64(92)49-24-18-16-19-25-49)80(11)70(97)61(43(4)5)79-69(96)62(44(6)7)81(12)72(99)102-41-48-29-31-50(32-30-48)76-67(94)51(26-22-35-74-71(73)98)77-68(95)60(42(2)3)78-54(85)39-82(40-59(90)91)55(86)28-20-17-21-36-84-56(87)33-34-57(84)88/h16,18-19,24-25,29-34,42-47,51-53,60-65,92H,15,17,20-23,26-28,35-41H2,1-14H3,(H,75,93)(H,76,94)(H,77,95)(H,78,85)(H,79,96)(H,90,91)(H3,73,74,98)/t45-,46+,47+,51-,52-,53+,60-,61-,62-,63-,64+,65+/m0/s1. The lowest BCUT2D eigenvalue weighted by Crippen LogP contribution is -2.60. The van der Waals surface area contributed by atoms with E-state index in [1.807, 2.05) is 32.0 Å². The van der Waals surface area contributed by atoms with E-state index in [0.717, 1.165) is 26.9 Å². The lowest BCUT2D eigenvalue weighted by atomic mass is 9.89. The number of hydrogen-bond donors (Lipinski definition) is 9. The summed E-state index contributed by atoms with van der Waals surface area (Å²) >= 11 is 0. The minimum atomic E-state index is -1.39. The summed E-state index contributed by atoms with van der Waals surface area (Å²) in [5.41, 5.74) is 6.65. The van der Waals surface area contributed by atoms with Crippen LogP contribution in [0.3, 0.4) is 0 Å². The molecule has 30 nitrogen and oxygen atoms in total. The van der Waals surface area contributed by atoms with Crippen molar-refractivity contribution >= 4 is 82.9 Å². The molecular weight excluding hydrogens is 1320 g/mol. The molecule has 0 radical (unpaired) electrons. The van der Waals surface area contributed by atoms with Gasteiger partial charge in [-0.3, -0.25) is 62.5 Å². The number of benzene rings is 2. The summed E-state index contributed by atoms with van der Waals surface area (Å²) in [5.74, 6) is -9.30. The molecule has 4 rings (SSSR count). The minimum absolute atomic E-state index is 0.0222. The van der Waals surface area contributed by atoms with Crippen molar-refractivity contribution in [3.8, 4) is 0 Å². The van der Waals surface area contributed by atoms with Gasteiger partial charge in [0.1, 0.15) is 43.9 Å². The van der Waals surface area contributed by atoms with E-state index in [1.54, 1.807) is 91.6 Å². The number of imide groups is 1. The summed E-state index contributed by atoms with van der Waals surface area (Å²) in [4.78, 5) is 179. The van der Waals surface area contributed by atoms with Gasteiger partial charge in [0.25, 0.3) is 11.8 Å². The van der Waals surface area contributed by atoms with E-state index in [9.17, 15) is 72.5 Å². The number of aliphatic carboxylic acids is 1. The van der Waals surface area contributed by atoms with Gasteiger partial charge in [0, 0.05) is 72.2 Å². The number of likely N-dealkylation sites (N-methyl/N-ethyl adjacent to an activating group) is 2. The fourth-order valence-electron chi connectivity index (χ4n) is 12.8. The molecule has 102 heavy (non-hydrogen) atoms. The van der Waals surface area contributed by atoms with Gasteiger partial charge in [0.05, 0.1) is 48.8 Å². The largest absolute Gasteiger partial charge is 0.480 e. The van der Waals surface area contributed by atoms with Crippen LogP contribution in [0, 0.1) is 29.6 Å². The maximum absolute atomic E-state index is 14.8. The van der Waals surface area contributed by atoms with Gasteiger partial charge in [-0.15, -0.1) is 0 Å². The molecule has 566 valence electrons. The number of unbranched alkanes of at least 4 members (excludes halogenated alkanes) is 2. The number of amides is 13. The van der Waals surface area contributed by atoms with Crippen LogP contribution in [-0.2, 0) is 73.6 Å². The maximum Gasteiger partial charge on any atom is 0.410 e. The summed E-state index contributed by atoms with van der Waals surface area (Å²) in [6.45, 7) is 16.5. The Morgan fingerprint density at radius 3 is 1.91 bits per heavy atom. The van der Waals surface area contributed by atoms with E-state index in [2.05, 4.69) is 31.9 Å². The number of anilines is 1. The van der Waals surface area contributed by atoms with Crippen LogP contribution in [0.2, 0.25) is 0 Å². The molecule has 12 atom stereocenters. The minimum Gasteiger partial charge on any atom is -0.480 e. The van der Waals surface area contributed by atoms with Gasteiger partial charge in [-0.2, -0.15) is 0 Å². The number of carbonyl (C=O) groups excluding carboxylic acids is 12. The van der Waals surface area contributed by atoms with Crippen molar-refractivity contribution in [3.05, 3.63) is 77.9 Å². The number of ether oxygens (including phenoxy) is 3. The maximum atomic E-state index is 14.8. The van der Waals surface area contributed by atoms with Gasteiger partial charge in [-0.25, -0.2) is 9.59 Å². The van der Waals surface area contributed by atoms with Crippen LogP contribution in [0.25, 0.3) is 0 Å². The van der Waals surface area contributed by atoms with Gasteiger partial charge < -0.3 is 76.8 Å². The molecule has 0 unspecified atom stereocenters. The highest BCUT2D eigenvalue weighted by Crippen LogP contribution is 2.31. The van der Waals surface area contributed by atoms with Crippen LogP contribution in [-0.4, -0.2) is 227 Å². The first-order valence-electron chi connectivity index (χ1n) is 35.1. The van der Waals surface area contributed by atoms with Gasteiger partial charge in [-0.05, 0) is 92.4 Å². The zero-order valence-corrected chi connectivity index (χ0v) is 61.6. The van der Waals surface area contributed by atoms with E-state index >= 15 is 0 Å². The van der Waals surface area contributed by atoms with E-state index < -0.39 is 163 Å². The molecule has 2 heterocycles. The molecule has 2 aliphatic heterocycles. The Bertz CT molecular complexity index is 3190. The third kappa shape index (κ3) is 25.5. The van der Waals surface area contributed by atoms with Crippen molar-refractivity contribution in [2.45, 2.75) is 201 Å². The number of nitrogens with two attached hydrogens (primary N) is 1. The lowest BCUT2D eigenvalue weighted by Gasteiger charge is -2.41. The normalized spacial score (nSPS) is 16.9. The monoisotopic (exact) mass is 1430 g/mol. The number of nitrogens with zero attached hydrogens (tertiary/aromatic N) is 5. The number of carboxylic acids is 1. The molecule has 1 fully saturated rings. The molecule has 13 amide bonds. The number of nitrogens with one attached hydrogen (secondary N) is 6. The molecule has 2 aromatic carbocycles. The lowest BCUT2D eigenvalue weighted by molar-refractivity contribution is -0.148. The molecule has 2 aromatic rings. The number of rotatable bonds is 42. The molecule has 0 spiro atoms. The zero-order valence-electron chi connectivity index (χ0n) is 61.6. The SMILES string of the molecule is CC[C@H](C)[C@@H]([C@@H](CC(=O)N1CCC[C@H]1[C@H](OC)[C@@H](C)C(=O)N[C@H](C)[C@@H](O)c1ccccc1)OC)N(C)C(=O)[C@@H](NC(=O)[C@H](C(C)C)N(C)C(=O)OCc1ccc(NC(=O)[C@H](CCCNC(N)=O)NC(=O)[C@@H](NC(=O)CN(CC(=O)O)C(=O)CCCCCN2C(=O)C=CC2=O)C(C)C)cc1)C(C)C. The smallest absolute Gasteiger partial charge is 0.410 e. The first-order valence-corrected chi connectivity index (χ1v) is 35.1. The first kappa shape index (κ1) is 85.4. The highest BCUT2D eigenvalue weighted by molar-refractivity contribution is 6.12. The van der Waals surface area contributed by atoms with E-state index in [0.29, 0.717) is 49.8 Å². The number of aliphatic hydroxyl groups is 1. The van der Waals surface area contributed by atoms with Crippen molar-refractivity contribution in [1.82, 2.24) is 51.1 Å². The predicted molar refractivity (Wildman–Crippen MR) is 378 cm³/mol. The average molecular weight is 1430 g/mol. The highest BCUT2D eigenvalue weighted by atomic mass is 16.6. The number of carboxylic acid groups (broad SMARTS) is 1. The number of carbonyl (C=O) groups is 13. The Kier molecular flexibility index (Phi) is 35.0. The van der Waals surface area contributed by atoms with E-state index in [-0.39, 0.29) is 75.2 Å². The number of primary amides is 1. The number of methoxy groups -OCH3 is 2. The Hall–Kier alpha value is -9.03. The molecule has 2 aliphatic rings. The zero-order chi connectivity index (χ0) is 76.2. The van der Waals surface area contributed by atoms with Crippen LogP contribution >= 0.6 is 0 Å². The number of urea groups is 1. The van der Waals surface area contributed by atoms with Crippen molar-refractivity contribution in [3.63, 3.8) is 0 Å². The third-order valence-electron chi connectivity index (χ3n) is 18.7. The van der Waals surface area contributed by atoms with Crippen LogP contribution in [0.1, 0.15) is 151 Å². The van der Waals surface area contributed by atoms with E-state index in [1.165, 1.54) is 38.3 Å². The molecule has 0 bridgehead atoms. The van der Waals surface area contributed by atoms with Gasteiger partial charge in [0.15, 0.2) is 0 Å². The van der Waals surface area contributed by atoms with Crippen molar-refractivity contribution in [2.24, 2.45) is 35.3 Å². The molecule has 0 saturated carbocycles. The second-order valence-electron chi connectivity index (χ2n) is 27.4. The number of aliphatic hydroxyl groups excluding tert-OH is 1. The Morgan fingerprint density at radius 2 is 1.34 bits per heavy atom. The summed E-state index contributed by atoms with van der Waals surface area (Å²) in [6.07, 6.45) is 1.85. The van der Waals surface area contributed by atoms with Crippen LogP contribution in [0.15, 0.2) is 66.7 Å². The van der Waals surface area contributed by atoms with Crippen LogP contribution < -0.4 is 37.6 Å². The number of likely N-dealkylation sites (tertiary alicyclic amines) is 1. The van der Waals surface area contributed by atoms with Crippen LogP contribution in [0.5, 0.6) is 0 Å². The average Bonchev–Trinajstić information content (AvgIpc) is 1.27. The van der Waals surface area contributed by atoms with Crippen molar-refractivity contribution in [1.29, 1.82) is 0 Å². The van der Waals surface area contributed by atoms with Crippen molar-refractivity contribution in [2.75, 3.05) is 66.4 Å². The molecule has 0 aromatic heterocycles.